The van der Waals surface area contributed by atoms with Gasteiger partial charge in [-0.05, 0) is 30.3 Å². The minimum atomic E-state index is -0.311. The topological polar surface area (TPSA) is 107 Å². The van der Waals surface area contributed by atoms with Crippen LogP contribution in [0.25, 0.3) is 0 Å². The Morgan fingerprint density at radius 1 is 1.25 bits per heavy atom. The third kappa shape index (κ3) is 2.97. The summed E-state index contributed by atoms with van der Waals surface area (Å²) in [6.07, 6.45) is 0. The summed E-state index contributed by atoms with van der Waals surface area (Å²) in [5.41, 5.74) is 14.0. The third-order valence-electron chi connectivity index (χ3n) is 4.42. The number of benzene rings is 2. The molecule has 4 rings (SSSR count). The van der Waals surface area contributed by atoms with Crippen molar-refractivity contribution in [3.63, 3.8) is 0 Å². The number of hydrogen-bond donors (Lipinski definition) is 2. The average Bonchev–Trinajstić information content (AvgIpc) is 2.68. The van der Waals surface area contributed by atoms with Crippen LogP contribution in [0.15, 0.2) is 47.4 Å². The van der Waals surface area contributed by atoms with Crippen molar-refractivity contribution in [2.45, 2.75) is 10.1 Å². The van der Waals surface area contributed by atoms with Crippen molar-refractivity contribution in [1.82, 2.24) is 4.98 Å². The Bertz CT molecular complexity index is 1130. The first kappa shape index (κ1) is 18.3. The van der Waals surface area contributed by atoms with Crippen LogP contribution in [-0.4, -0.2) is 12.1 Å². The largest absolute Gasteiger partial charge is 0.496 e. The molecule has 1 aliphatic heterocycles. The zero-order valence-electron chi connectivity index (χ0n) is 14.8. The number of thioether (sulfide) groups is 1. The van der Waals surface area contributed by atoms with Gasteiger partial charge < -0.3 is 20.9 Å². The Balaban J connectivity index is 1.94. The van der Waals surface area contributed by atoms with Crippen LogP contribution in [0.2, 0.25) is 5.02 Å². The maximum Gasteiger partial charge on any atom is 0.228 e. The number of fused-ring (bicyclic) bond motifs is 2. The van der Waals surface area contributed by atoms with E-state index in [-0.39, 0.29) is 28.2 Å². The van der Waals surface area contributed by atoms with E-state index in [1.807, 2.05) is 36.4 Å². The maximum atomic E-state index is 9.46. The van der Waals surface area contributed by atoms with Crippen LogP contribution in [0.1, 0.15) is 21.9 Å². The van der Waals surface area contributed by atoms with Gasteiger partial charge in [0.25, 0.3) is 0 Å². The van der Waals surface area contributed by atoms with Crippen molar-refractivity contribution >= 4 is 34.9 Å². The zero-order valence-corrected chi connectivity index (χ0v) is 16.3. The second-order valence-electron chi connectivity index (χ2n) is 6.05. The van der Waals surface area contributed by atoms with Gasteiger partial charge >= 0.3 is 0 Å². The molecule has 0 fully saturated rings. The fourth-order valence-electron chi connectivity index (χ4n) is 3.10. The van der Waals surface area contributed by atoms with Crippen LogP contribution in [0.5, 0.6) is 17.4 Å². The standard InChI is InChI=1S/C20H15ClN4O2S/c1-26-14-4-2-3-5-15(14)28-18-11-8-10(21)6-7-13(11)27-20-16(18)17(23)12(9-22)19(24)25-20/h2-8,18H,1H3,(H4,23,24,25). The molecule has 4 N–H and O–H groups in total. The second-order valence-corrected chi connectivity index (χ2v) is 7.63. The Morgan fingerprint density at radius 2 is 2.04 bits per heavy atom. The molecule has 6 nitrogen and oxygen atoms in total. The van der Waals surface area contributed by atoms with Gasteiger partial charge in [-0.2, -0.15) is 10.2 Å². The predicted octanol–water partition coefficient (Wildman–Crippen LogP) is 4.77. The molecule has 140 valence electrons. The summed E-state index contributed by atoms with van der Waals surface area (Å²) in [4.78, 5) is 5.18. The summed E-state index contributed by atoms with van der Waals surface area (Å²) in [6, 6.07) is 15.0. The van der Waals surface area contributed by atoms with Gasteiger partial charge in [-0.3, -0.25) is 0 Å². The predicted molar refractivity (Wildman–Crippen MR) is 110 cm³/mol. The number of nitrogen functional groups attached to an aromatic ring is 2. The fourth-order valence-corrected chi connectivity index (χ4v) is 4.62. The number of halogens is 1. The van der Waals surface area contributed by atoms with Crippen molar-refractivity contribution in [1.29, 1.82) is 5.26 Å². The number of ether oxygens (including phenoxy) is 2. The minimum absolute atomic E-state index is 0.0391. The highest BCUT2D eigenvalue weighted by atomic mass is 35.5. The van der Waals surface area contributed by atoms with E-state index in [1.54, 1.807) is 19.2 Å². The van der Waals surface area contributed by atoms with Crippen molar-refractivity contribution in [2.75, 3.05) is 18.6 Å². The lowest BCUT2D eigenvalue weighted by molar-refractivity contribution is 0.404. The zero-order chi connectivity index (χ0) is 19.8. The molecule has 3 aromatic rings. The number of pyridine rings is 1. The van der Waals surface area contributed by atoms with E-state index in [0.29, 0.717) is 16.3 Å². The summed E-state index contributed by atoms with van der Waals surface area (Å²) in [5, 5.41) is 9.72. The highest BCUT2D eigenvalue weighted by Crippen LogP contribution is 2.55. The summed E-state index contributed by atoms with van der Waals surface area (Å²) in [7, 11) is 1.62. The normalized spacial score (nSPS) is 14.4. The van der Waals surface area contributed by atoms with Crippen LogP contribution in [0, 0.1) is 11.3 Å². The summed E-state index contributed by atoms with van der Waals surface area (Å²) in [5.74, 6) is 1.67. The first-order valence-electron chi connectivity index (χ1n) is 8.29. The fraction of sp³-hybridized carbons (Fsp3) is 0.100. The first-order chi connectivity index (χ1) is 13.5. The number of rotatable bonds is 3. The quantitative estimate of drug-likeness (QED) is 0.640. The molecule has 0 saturated carbocycles. The Morgan fingerprint density at radius 3 is 2.79 bits per heavy atom. The number of anilines is 2. The number of para-hydroxylation sites is 1. The van der Waals surface area contributed by atoms with Gasteiger partial charge in [0.2, 0.25) is 5.88 Å². The van der Waals surface area contributed by atoms with Gasteiger partial charge in [-0.1, -0.05) is 23.7 Å². The molecule has 0 bridgehead atoms. The molecular formula is C20H15ClN4O2S. The van der Waals surface area contributed by atoms with Gasteiger partial charge in [-0.15, -0.1) is 11.8 Å². The molecule has 28 heavy (non-hydrogen) atoms. The number of methoxy groups -OCH3 is 1. The van der Waals surface area contributed by atoms with Gasteiger partial charge in [0.15, 0.2) is 0 Å². The maximum absolute atomic E-state index is 9.46. The molecule has 1 aliphatic rings. The van der Waals surface area contributed by atoms with E-state index in [4.69, 9.17) is 32.5 Å². The monoisotopic (exact) mass is 410 g/mol. The van der Waals surface area contributed by atoms with Gasteiger partial charge in [0.1, 0.15) is 28.9 Å². The van der Waals surface area contributed by atoms with Gasteiger partial charge in [0, 0.05) is 10.6 Å². The van der Waals surface area contributed by atoms with E-state index >= 15 is 0 Å². The summed E-state index contributed by atoms with van der Waals surface area (Å²) >= 11 is 7.76. The third-order valence-corrected chi connectivity index (χ3v) is 5.97. The highest BCUT2D eigenvalue weighted by Gasteiger charge is 2.34. The van der Waals surface area contributed by atoms with Gasteiger partial charge in [-0.25, -0.2) is 0 Å². The number of hydrogen-bond acceptors (Lipinski definition) is 7. The number of nitrogens with zero attached hydrogens (tertiary/aromatic N) is 2. The van der Waals surface area contributed by atoms with E-state index in [1.165, 1.54) is 11.8 Å². The van der Waals surface area contributed by atoms with E-state index in [2.05, 4.69) is 4.98 Å². The molecule has 0 radical (unpaired) electrons. The smallest absolute Gasteiger partial charge is 0.228 e. The minimum Gasteiger partial charge on any atom is -0.496 e. The molecule has 0 saturated heterocycles. The van der Waals surface area contributed by atoms with Crippen LogP contribution >= 0.6 is 23.4 Å². The summed E-state index contributed by atoms with van der Waals surface area (Å²) in [6.45, 7) is 0. The number of aromatic nitrogens is 1. The molecule has 1 atom stereocenters. The van der Waals surface area contributed by atoms with Crippen LogP contribution in [-0.2, 0) is 0 Å². The molecule has 0 amide bonds. The lowest BCUT2D eigenvalue weighted by Gasteiger charge is -2.29. The number of nitrogens with two attached hydrogens (primary N) is 2. The lowest BCUT2D eigenvalue weighted by atomic mass is 9.98. The average molecular weight is 411 g/mol. The number of nitriles is 1. The molecule has 2 heterocycles. The molecule has 8 heteroatoms. The summed E-state index contributed by atoms with van der Waals surface area (Å²) < 4.78 is 11.4. The molecular weight excluding hydrogens is 396 g/mol. The van der Waals surface area contributed by atoms with E-state index in [0.717, 1.165) is 16.2 Å². The van der Waals surface area contributed by atoms with Crippen LogP contribution in [0.4, 0.5) is 11.5 Å². The highest BCUT2D eigenvalue weighted by molar-refractivity contribution is 7.99. The van der Waals surface area contributed by atoms with Crippen LogP contribution < -0.4 is 20.9 Å². The van der Waals surface area contributed by atoms with Gasteiger partial charge in [0.05, 0.1) is 28.5 Å². The molecule has 1 aromatic heterocycles. The molecule has 1 unspecified atom stereocenters. The Kier molecular flexibility index (Phi) is 4.67. The van der Waals surface area contributed by atoms with Crippen LogP contribution in [0.3, 0.4) is 0 Å². The van der Waals surface area contributed by atoms with E-state index in [9.17, 15) is 5.26 Å². The Hall–Kier alpha value is -3.08. The lowest BCUT2D eigenvalue weighted by Crippen LogP contribution is -2.15. The van der Waals surface area contributed by atoms with E-state index < -0.39 is 0 Å². The Labute approximate surface area is 171 Å². The SMILES string of the molecule is COc1ccccc1SC1c2cc(Cl)ccc2Oc2nc(N)c(C#N)c(N)c21. The molecule has 0 aliphatic carbocycles. The first-order valence-corrected chi connectivity index (χ1v) is 9.55. The van der Waals surface area contributed by atoms with Crippen molar-refractivity contribution < 1.29 is 9.47 Å². The van der Waals surface area contributed by atoms with Crippen molar-refractivity contribution in [3.05, 3.63) is 64.2 Å². The molecule has 0 spiro atoms. The van der Waals surface area contributed by atoms with Crippen molar-refractivity contribution in [2.24, 2.45) is 0 Å². The molecule has 2 aromatic carbocycles. The second kappa shape index (κ2) is 7.15. The van der Waals surface area contributed by atoms with Crippen molar-refractivity contribution in [3.8, 4) is 23.4 Å².